The molecule has 2 aromatic carbocycles. The van der Waals surface area contributed by atoms with Gasteiger partial charge in [0.25, 0.3) is 11.6 Å². The number of nitro groups is 1. The van der Waals surface area contributed by atoms with Crippen LogP contribution >= 0.6 is 11.3 Å². The Balaban J connectivity index is 0.00000341. The first-order chi connectivity index (χ1) is 14.5. The molecule has 8 nitrogen and oxygen atoms in total. The Kier molecular flexibility index (Phi) is 8.73. The number of non-ortho nitro benzene ring substituents is 1. The van der Waals surface area contributed by atoms with Gasteiger partial charge in [-0.05, 0) is 37.4 Å². The Bertz CT molecular complexity index is 1050. The number of hydrogen-bond donors (Lipinski definition) is 0. The van der Waals surface area contributed by atoms with Gasteiger partial charge in [0.1, 0.15) is 5.75 Å². The van der Waals surface area contributed by atoms with Crippen LogP contribution in [0.15, 0.2) is 42.5 Å². The second kappa shape index (κ2) is 11.0. The van der Waals surface area contributed by atoms with E-state index in [0.29, 0.717) is 18.2 Å². The number of hydrogen-bond acceptors (Lipinski definition) is 7. The number of nitrogens with zero attached hydrogens (tertiary/aromatic N) is 4. The molecule has 166 valence electrons. The molecule has 0 aliphatic carbocycles. The fourth-order valence-corrected chi connectivity index (χ4v) is 4.13. The fourth-order valence-electron chi connectivity index (χ4n) is 3.11. The van der Waals surface area contributed by atoms with E-state index in [9.17, 15) is 14.9 Å². The molecule has 0 unspecified atom stereocenters. The van der Waals surface area contributed by atoms with Crippen LogP contribution in [0.4, 0.5) is 10.8 Å². The Morgan fingerprint density at radius 3 is 2.55 bits per heavy atom. The summed E-state index contributed by atoms with van der Waals surface area (Å²) < 4.78 is 6.19. The number of carbonyl (C=O) groups is 1. The predicted octanol–water partition coefficient (Wildman–Crippen LogP) is 1.21. The van der Waals surface area contributed by atoms with E-state index in [-0.39, 0.29) is 29.6 Å². The van der Waals surface area contributed by atoms with Crippen LogP contribution in [0.5, 0.6) is 5.75 Å². The average molecular weight is 464 g/mol. The van der Waals surface area contributed by atoms with Gasteiger partial charge in [0, 0.05) is 30.8 Å². The zero-order valence-electron chi connectivity index (χ0n) is 17.6. The molecule has 10 heteroatoms. The zero-order chi connectivity index (χ0) is 21.7. The van der Waals surface area contributed by atoms with Crippen molar-refractivity contribution in [3.8, 4) is 5.75 Å². The minimum Gasteiger partial charge on any atom is -1.00 e. The number of ether oxygens (including phenoxy) is 1. The molecule has 3 rings (SSSR count). The number of carbonyl (C=O) groups excluding carboxylic acids is 1. The summed E-state index contributed by atoms with van der Waals surface area (Å²) in [4.78, 5) is 32.4. The van der Waals surface area contributed by atoms with Gasteiger partial charge in [0.05, 0.1) is 22.2 Å². The van der Waals surface area contributed by atoms with Crippen molar-refractivity contribution >= 4 is 38.3 Å². The molecule has 0 aliphatic rings. The zero-order valence-corrected chi connectivity index (χ0v) is 19.2. The van der Waals surface area contributed by atoms with Crippen LogP contribution in [-0.2, 0) is 0 Å². The summed E-state index contributed by atoms with van der Waals surface area (Å²) in [6.45, 7) is 6.98. The number of anilines is 1. The lowest BCUT2D eigenvalue weighted by atomic mass is 10.2. The molecule has 1 amide bonds. The first-order valence-corrected chi connectivity index (χ1v) is 10.5. The fraction of sp³-hybridized carbons (Fsp3) is 0.333. The van der Waals surface area contributed by atoms with Gasteiger partial charge >= 0.3 is 0 Å². The minimum absolute atomic E-state index is 0. The summed E-state index contributed by atoms with van der Waals surface area (Å²) in [7, 11) is 1.60. The van der Waals surface area contributed by atoms with Gasteiger partial charge < -0.3 is 22.0 Å². The molecule has 0 spiro atoms. The topological polar surface area (TPSA) is 88.8 Å². The van der Waals surface area contributed by atoms with Crippen molar-refractivity contribution in [2.24, 2.45) is 0 Å². The standard InChI is InChI=1S/C21H24N4O4S.ClH/c1-4-23(5-2)11-12-24(20(26)15-7-6-8-16(13-15)25(27)28)21-22-18-10-9-17(29-3)14-19(18)30-21;/h6-10,13-14H,4-5,11-12H2,1-3H3;1H/p-1. The van der Waals surface area contributed by atoms with E-state index >= 15 is 0 Å². The lowest BCUT2D eigenvalue weighted by Gasteiger charge is -2.24. The van der Waals surface area contributed by atoms with Crippen LogP contribution < -0.4 is 22.0 Å². The molecule has 0 atom stereocenters. The summed E-state index contributed by atoms with van der Waals surface area (Å²) in [5.41, 5.74) is 0.926. The highest BCUT2D eigenvalue weighted by molar-refractivity contribution is 7.22. The van der Waals surface area contributed by atoms with Crippen LogP contribution in [-0.4, -0.2) is 54.0 Å². The summed E-state index contributed by atoms with van der Waals surface area (Å²) in [5, 5.41) is 11.7. The third-order valence-corrected chi connectivity index (χ3v) is 5.94. The van der Waals surface area contributed by atoms with Gasteiger partial charge in [-0.1, -0.05) is 31.3 Å². The second-order valence-electron chi connectivity index (χ2n) is 6.62. The molecule has 3 aromatic rings. The summed E-state index contributed by atoms with van der Waals surface area (Å²) in [6.07, 6.45) is 0. The maximum atomic E-state index is 13.3. The van der Waals surface area contributed by atoms with Crippen molar-refractivity contribution < 1.29 is 26.9 Å². The molecule has 0 bridgehead atoms. The van der Waals surface area contributed by atoms with Crippen molar-refractivity contribution in [1.82, 2.24) is 9.88 Å². The predicted molar refractivity (Wildman–Crippen MR) is 119 cm³/mol. The van der Waals surface area contributed by atoms with Crippen molar-refractivity contribution in [2.75, 3.05) is 38.2 Å². The SMILES string of the molecule is CCN(CC)CCN(C(=O)c1cccc([N+](=O)[O-])c1)c1nc2ccc(OC)cc2s1.[Cl-]. The molecule has 0 N–H and O–H groups in total. The van der Waals surface area contributed by atoms with Gasteiger partial charge in [0.15, 0.2) is 5.13 Å². The van der Waals surface area contributed by atoms with Gasteiger partial charge in [-0.25, -0.2) is 4.98 Å². The number of halogens is 1. The minimum atomic E-state index is -0.499. The maximum Gasteiger partial charge on any atom is 0.270 e. The normalized spacial score (nSPS) is 10.7. The van der Waals surface area contributed by atoms with Gasteiger partial charge in [-0.3, -0.25) is 19.8 Å². The van der Waals surface area contributed by atoms with Crippen LogP contribution in [0.1, 0.15) is 24.2 Å². The van der Waals surface area contributed by atoms with E-state index in [2.05, 4.69) is 23.7 Å². The number of likely N-dealkylation sites (N-methyl/N-ethyl adjacent to an activating group) is 1. The van der Waals surface area contributed by atoms with Gasteiger partial charge in [0.2, 0.25) is 0 Å². The average Bonchev–Trinajstić information content (AvgIpc) is 3.19. The smallest absolute Gasteiger partial charge is 0.270 e. The highest BCUT2D eigenvalue weighted by Gasteiger charge is 2.23. The van der Waals surface area contributed by atoms with E-state index in [4.69, 9.17) is 4.74 Å². The molecule has 0 fully saturated rings. The number of nitro benzene ring substituents is 1. The van der Waals surface area contributed by atoms with Crippen LogP contribution in [0.25, 0.3) is 10.2 Å². The molecule has 1 aromatic heterocycles. The number of methoxy groups -OCH3 is 1. The van der Waals surface area contributed by atoms with E-state index in [1.54, 1.807) is 18.1 Å². The van der Waals surface area contributed by atoms with Gasteiger partial charge in [-0.15, -0.1) is 0 Å². The Hall–Kier alpha value is -2.75. The highest BCUT2D eigenvalue weighted by Crippen LogP contribution is 2.32. The molecule has 0 aliphatic heterocycles. The lowest BCUT2D eigenvalue weighted by molar-refractivity contribution is -0.384. The molecular formula is C21H24ClN4O4S-. The largest absolute Gasteiger partial charge is 1.00 e. The van der Waals surface area contributed by atoms with Crippen LogP contribution in [0.2, 0.25) is 0 Å². The number of benzene rings is 2. The number of amides is 1. The van der Waals surface area contributed by atoms with Crippen molar-refractivity contribution in [1.29, 1.82) is 0 Å². The third kappa shape index (κ3) is 5.69. The molecule has 0 saturated carbocycles. The van der Waals surface area contributed by atoms with Crippen molar-refractivity contribution in [3.05, 3.63) is 58.1 Å². The number of fused-ring (bicyclic) bond motifs is 1. The Morgan fingerprint density at radius 1 is 1.16 bits per heavy atom. The van der Waals surface area contributed by atoms with E-state index in [1.165, 1.54) is 29.5 Å². The molecule has 0 radical (unpaired) electrons. The number of thiazole rings is 1. The Morgan fingerprint density at radius 2 is 1.90 bits per heavy atom. The van der Waals surface area contributed by atoms with E-state index in [1.807, 2.05) is 18.2 Å². The number of aromatic nitrogens is 1. The Labute approximate surface area is 191 Å². The highest BCUT2D eigenvalue weighted by atomic mass is 35.5. The monoisotopic (exact) mass is 463 g/mol. The van der Waals surface area contributed by atoms with Gasteiger partial charge in [-0.2, -0.15) is 0 Å². The summed E-state index contributed by atoms with van der Waals surface area (Å²) in [6, 6.07) is 11.4. The number of rotatable bonds is 9. The van der Waals surface area contributed by atoms with E-state index < -0.39 is 4.92 Å². The molecule has 1 heterocycles. The molecular weight excluding hydrogens is 440 g/mol. The first kappa shape index (κ1) is 24.5. The summed E-state index contributed by atoms with van der Waals surface area (Å²) >= 11 is 1.40. The lowest BCUT2D eigenvalue weighted by Crippen LogP contribution is -3.00. The summed E-state index contributed by atoms with van der Waals surface area (Å²) in [5.74, 6) is 0.411. The van der Waals surface area contributed by atoms with Crippen LogP contribution in [0.3, 0.4) is 0 Å². The molecule has 0 saturated heterocycles. The van der Waals surface area contributed by atoms with Crippen LogP contribution in [0, 0.1) is 10.1 Å². The quantitative estimate of drug-likeness (QED) is 0.350. The van der Waals surface area contributed by atoms with E-state index in [0.717, 1.165) is 29.1 Å². The molecule has 31 heavy (non-hydrogen) atoms. The first-order valence-electron chi connectivity index (χ1n) is 9.70. The second-order valence-corrected chi connectivity index (χ2v) is 7.63. The van der Waals surface area contributed by atoms with Crippen molar-refractivity contribution in [3.63, 3.8) is 0 Å². The maximum absolute atomic E-state index is 13.3. The third-order valence-electron chi connectivity index (χ3n) is 4.90. The van der Waals surface area contributed by atoms with Crippen molar-refractivity contribution in [2.45, 2.75) is 13.8 Å².